The molecule has 0 saturated carbocycles. The van der Waals surface area contributed by atoms with Crippen molar-refractivity contribution in [1.29, 1.82) is 5.26 Å². The molecule has 0 aliphatic rings. The molecule has 3 rings (SSSR count). The van der Waals surface area contributed by atoms with Gasteiger partial charge in [0.25, 0.3) is 0 Å². The molecule has 0 aliphatic heterocycles. The Bertz CT molecular complexity index is 1100. The molecule has 5 nitrogen and oxygen atoms in total. The van der Waals surface area contributed by atoms with Crippen LogP contribution in [-0.2, 0) is 6.61 Å². The van der Waals surface area contributed by atoms with Crippen molar-refractivity contribution in [2.45, 2.75) is 13.5 Å². The minimum Gasteiger partial charge on any atom is -0.496 e. The maximum atomic E-state index is 14.0. The molecule has 0 heterocycles. The highest BCUT2D eigenvalue weighted by atomic mass is 19.1. The minimum atomic E-state index is -1.29. The molecule has 0 atom stereocenters. The molecular weight excluding hydrogens is 373 g/mol. The molecule has 0 bridgehead atoms. The van der Waals surface area contributed by atoms with Crippen LogP contribution >= 0.6 is 0 Å². The lowest BCUT2D eigenvalue weighted by atomic mass is 9.90. The second kappa shape index (κ2) is 8.44. The number of halogens is 1. The highest BCUT2D eigenvalue weighted by molar-refractivity contribution is 6.02. The largest absolute Gasteiger partial charge is 0.496 e. The monoisotopic (exact) mass is 391 g/mol. The molecule has 29 heavy (non-hydrogen) atoms. The number of rotatable bonds is 6. The summed E-state index contributed by atoms with van der Waals surface area (Å²) in [7, 11) is 1.39. The maximum Gasteiger partial charge on any atom is 0.340 e. The molecule has 3 aromatic rings. The van der Waals surface area contributed by atoms with Crippen LogP contribution < -0.4 is 9.47 Å². The van der Waals surface area contributed by atoms with Gasteiger partial charge in [-0.1, -0.05) is 30.3 Å². The number of ether oxygens (including phenoxy) is 2. The van der Waals surface area contributed by atoms with E-state index in [1.807, 2.05) is 36.4 Å². The lowest BCUT2D eigenvalue weighted by Crippen LogP contribution is -2.09. The van der Waals surface area contributed by atoms with Gasteiger partial charge in [0.2, 0.25) is 0 Å². The third kappa shape index (κ3) is 4.04. The van der Waals surface area contributed by atoms with Crippen LogP contribution in [0.4, 0.5) is 4.39 Å². The Morgan fingerprint density at radius 3 is 2.48 bits per heavy atom. The van der Waals surface area contributed by atoms with Gasteiger partial charge in [-0.25, -0.2) is 9.18 Å². The fourth-order valence-electron chi connectivity index (χ4n) is 3.14. The number of benzene rings is 3. The van der Waals surface area contributed by atoms with Gasteiger partial charge in [-0.15, -0.1) is 0 Å². The molecule has 3 aromatic carbocycles. The highest BCUT2D eigenvalue weighted by Crippen LogP contribution is 2.41. The summed E-state index contributed by atoms with van der Waals surface area (Å²) in [6.45, 7) is 1.82. The fraction of sp³-hybridized carbons (Fsp3) is 0.130. The third-order valence-corrected chi connectivity index (χ3v) is 4.48. The standard InChI is InChI=1S/C23H18FNO4/c1-14-10-20(29-13-15-6-4-3-5-7-15)22(23(26)27)21(18(14)12-25)17-11-16(24)8-9-19(17)28-2/h3-11H,13H2,1-2H3,(H,26,27). The molecule has 0 fully saturated rings. The average Bonchev–Trinajstić information content (AvgIpc) is 2.72. The van der Waals surface area contributed by atoms with Crippen LogP contribution in [0.5, 0.6) is 11.5 Å². The quantitative estimate of drug-likeness (QED) is 0.643. The molecule has 0 saturated heterocycles. The smallest absolute Gasteiger partial charge is 0.340 e. The predicted octanol–water partition coefficient (Wildman–Crippen LogP) is 4.96. The van der Waals surface area contributed by atoms with Crippen molar-refractivity contribution in [3.63, 3.8) is 0 Å². The second-order valence-corrected chi connectivity index (χ2v) is 6.35. The van der Waals surface area contributed by atoms with E-state index in [0.29, 0.717) is 5.56 Å². The van der Waals surface area contributed by atoms with Crippen molar-refractivity contribution < 1.29 is 23.8 Å². The van der Waals surface area contributed by atoms with Crippen molar-refractivity contribution in [2.24, 2.45) is 0 Å². The Labute approximate surface area is 167 Å². The van der Waals surface area contributed by atoms with E-state index in [-0.39, 0.29) is 40.4 Å². The van der Waals surface area contributed by atoms with Crippen molar-refractivity contribution in [3.8, 4) is 28.7 Å². The molecular formula is C23H18FNO4. The predicted molar refractivity (Wildman–Crippen MR) is 106 cm³/mol. The van der Waals surface area contributed by atoms with Crippen LogP contribution in [0.2, 0.25) is 0 Å². The van der Waals surface area contributed by atoms with Crippen molar-refractivity contribution in [2.75, 3.05) is 7.11 Å². The number of carboxylic acid groups (broad SMARTS) is 1. The van der Waals surface area contributed by atoms with Gasteiger partial charge in [-0.2, -0.15) is 5.26 Å². The van der Waals surface area contributed by atoms with Gasteiger partial charge in [-0.3, -0.25) is 0 Å². The number of nitrogens with zero attached hydrogens (tertiary/aromatic N) is 1. The molecule has 0 aliphatic carbocycles. The van der Waals surface area contributed by atoms with Crippen molar-refractivity contribution >= 4 is 5.97 Å². The average molecular weight is 391 g/mol. The van der Waals surface area contributed by atoms with Gasteiger partial charge < -0.3 is 14.6 Å². The first kappa shape index (κ1) is 19.9. The number of carboxylic acids is 1. The number of aromatic carboxylic acids is 1. The van der Waals surface area contributed by atoms with E-state index < -0.39 is 11.8 Å². The second-order valence-electron chi connectivity index (χ2n) is 6.35. The summed E-state index contributed by atoms with van der Waals surface area (Å²) in [4.78, 5) is 12.2. The zero-order chi connectivity index (χ0) is 21.0. The van der Waals surface area contributed by atoms with Crippen LogP contribution in [-0.4, -0.2) is 18.2 Å². The molecule has 0 aromatic heterocycles. The summed E-state index contributed by atoms with van der Waals surface area (Å²) in [5.41, 5.74) is 1.53. The van der Waals surface area contributed by atoms with E-state index in [1.54, 1.807) is 6.92 Å². The molecule has 0 amide bonds. The molecule has 1 N–H and O–H groups in total. The third-order valence-electron chi connectivity index (χ3n) is 4.48. The zero-order valence-corrected chi connectivity index (χ0v) is 15.9. The Morgan fingerprint density at radius 1 is 1.14 bits per heavy atom. The van der Waals surface area contributed by atoms with E-state index in [2.05, 4.69) is 0 Å². The van der Waals surface area contributed by atoms with E-state index >= 15 is 0 Å². The number of hydrogen-bond donors (Lipinski definition) is 1. The normalized spacial score (nSPS) is 10.3. The summed E-state index contributed by atoms with van der Waals surface area (Å²) < 4.78 is 25.1. The maximum absolute atomic E-state index is 14.0. The van der Waals surface area contributed by atoms with E-state index in [9.17, 15) is 19.6 Å². The summed E-state index contributed by atoms with van der Waals surface area (Å²) in [5.74, 6) is -1.51. The fourth-order valence-corrected chi connectivity index (χ4v) is 3.14. The molecule has 0 unspecified atom stereocenters. The minimum absolute atomic E-state index is 0.0689. The Balaban J connectivity index is 2.24. The van der Waals surface area contributed by atoms with Gasteiger partial charge in [-0.05, 0) is 42.3 Å². The van der Waals surface area contributed by atoms with Crippen LogP contribution in [0.1, 0.15) is 27.0 Å². The topological polar surface area (TPSA) is 79.5 Å². The first-order valence-corrected chi connectivity index (χ1v) is 8.78. The van der Waals surface area contributed by atoms with Crippen LogP contribution in [0.15, 0.2) is 54.6 Å². The highest BCUT2D eigenvalue weighted by Gasteiger charge is 2.26. The summed E-state index contributed by atoms with van der Waals surface area (Å²) in [6.07, 6.45) is 0. The van der Waals surface area contributed by atoms with Gasteiger partial charge in [0.15, 0.2) is 0 Å². The number of hydrogen-bond acceptors (Lipinski definition) is 4. The Morgan fingerprint density at radius 2 is 1.86 bits per heavy atom. The van der Waals surface area contributed by atoms with Gasteiger partial charge in [0, 0.05) is 11.1 Å². The SMILES string of the molecule is COc1ccc(F)cc1-c1c(C#N)c(C)cc(OCc2ccccc2)c1C(=O)O. The van der Waals surface area contributed by atoms with E-state index in [1.165, 1.54) is 25.3 Å². The summed E-state index contributed by atoms with van der Waals surface area (Å²) in [5, 5.41) is 19.6. The number of aryl methyl sites for hydroxylation is 1. The number of carbonyl (C=O) groups is 1. The van der Waals surface area contributed by atoms with Gasteiger partial charge in [0.05, 0.1) is 12.7 Å². The first-order valence-electron chi connectivity index (χ1n) is 8.78. The van der Waals surface area contributed by atoms with Crippen LogP contribution in [0.25, 0.3) is 11.1 Å². The molecule has 6 heteroatoms. The Kier molecular flexibility index (Phi) is 5.79. The van der Waals surface area contributed by atoms with Crippen molar-refractivity contribution in [3.05, 3.63) is 82.7 Å². The lowest BCUT2D eigenvalue weighted by Gasteiger charge is -2.18. The zero-order valence-electron chi connectivity index (χ0n) is 15.9. The first-order chi connectivity index (χ1) is 14.0. The van der Waals surface area contributed by atoms with E-state index in [0.717, 1.165) is 11.6 Å². The molecule has 0 radical (unpaired) electrons. The number of methoxy groups -OCH3 is 1. The summed E-state index contributed by atoms with van der Waals surface area (Å²) in [6, 6.07) is 16.6. The Hall–Kier alpha value is -3.85. The molecule has 0 spiro atoms. The van der Waals surface area contributed by atoms with Crippen LogP contribution in [0, 0.1) is 24.1 Å². The summed E-state index contributed by atoms with van der Waals surface area (Å²) >= 11 is 0. The van der Waals surface area contributed by atoms with Crippen molar-refractivity contribution in [1.82, 2.24) is 0 Å². The van der Waals surface area contributed by atoms with E-state index in [4.69, 9.17) is 9.47 Å². The van der Waals surface area contributed by atoms with Crippen LogP contribution in [0.3, 0.4) is 0 Å². The van der Waals surface area contributed by atoms with Gasteiger partial charge in [0.1, 0.15) is 35.6 Å². The van der Waals surface area contributed by atoms with Gasteiger partial charge >= 0.3 is 5.97 Å². The molecule has 146 valence electrons. The number of nitriles is 1. The lowest BCUT2D eigenvalue weighted by molar-refractivity contribution is 0.0692.